The van der Waals surface area contributed by atoms with Crippen LogP contribution in [0.1, 0.15) is 27.0 Å². The van der Waals surface area contributed by atoms with Gasteiger partial charge in [-0.1, -0.05) is 42.5 Å². The molecule has 0 saturated heterocycles. The average molecular weight is 428 g/mol. The first-order valence-electron chi connectivity index (χ1n) is 10.3. The number of carbonyl (C=O) groups is 1. The molecule has 1 N–H and O–H groups in total. The zero-order valence-corrected chi connectivity index (χ0v) is 17.8. The molecule has 0 aliphatic rings. The summed E-state index contributed by atoms with van der Waals surface area (Å²) in [5.41, 5.74) is 3.54. The maximum atomic E-state index is 12.5. The number of nitrogens with one attached hydrogen (secondary N) is 1. The van der Waals surface area contributed by atoms with Gasteiger partial charge >= 0.3 is 0 Å². The van der Waals surface area contributed by atoms with E-state index in [1.54, 1.807) is 47.1 Å². The van der Waals surface area contributed by atoms with Crippen molar-refractivity contribution in [1.29, 1.82) is 0 Å². The molecule has 2 heterocycles. The SMILES string of the molecule is COc1cccc(CNC(=O)c2cnn(Cc3ccc(Cn4ccccc4=O)cc3)c2)c1. The van der Waals surface area contributed by atoms with E-state index in [0.717, 1.165) is 22.4 Å². The number of nitrogens with zero attached hydrogens (tertiary/aromatic N) is 3. The van der Waals surface area contributed by atoms with E-state index in [1.807, 2.05) is 54.6 Å². The lowest BCUT2D eigenvalue weighted by molar-refractivity contribution is 0.0950. The van der Waals surface area contributed by atoms with Crippen molar-refractivity contribution in [3.05, 3.63) is 118 Å². The van der Waals surface area contributed by atoms with E-state index in [9.17, 15) is 9.59 Å². The van der Waals surface area contributed by atoms with Gasteiger partial charge in [-0.3, -0.25) is 14.3 Å². The Morgan fingerprint density at radius 3 is 2.50 bits per heavy atom. The summed E-state index contributed by atoms with van der Waals surface area (Å²) in [6.45, 7) is 1.49. The third kappa shape index (κ3) is 5.31. The molecular formula is C25H24N4O3. The van der Waals surface area contributed by atoms with E-state index in [4.69, 9.17) is 4.74 Å². The van der Waals surface area contributed by atoms with Gasteiger partial charge in [0, 0.05) is 25.0 Å². The Kier molecular flexibility index (Phi) is 6.46. The quantitative estimate of drug-likeness (QED) is 0.468. The molecule has 4 rings (SSSR count). The highest BCUT2D eigenvalue weighted by atomic mass is 16.5. The Morgan fingerprint density at radius 1 is 0.969 bits per heavy atom. The third-order valence-corrected chi connectivity index (χ3v) is 5.10. The lowest BCUT2D eigenvalue weighted by Crippen LogP contribution is -2.22. The van der Waals surface area contributed by atoms with Crippen LogP contribution in [0.15, 0.2) is 90.1 Å². The average Bonchev–Trinajstić information content (AvgIpc) is 3.29. The van der Waals surface area contributed by atoms with Crippen molar-refractivity contribution < 1.29 is 9.53 Å². The fourth-order valence-electron chi connectivity index (χ4n) is 3.36. The van der Waals surface area contributed by atoms with Gasteiger partial charge in [0.25, 0.3) is 11.5 Å². The van der Waals surface area contributed by atoms with Crippen LogP contribution < -0.4 is 15.6 Å². The van der Waals surface area contributed by atoms with Gasteiger partial charge in [0.15, 0.2) is 0 Å². The molecule has 0 fully saturated rings. The normalized spacial score (nSPS) is 10.7. The van der Waals surface area contributed by atoms with Crippen LogP contribution in [0.3, 0.4) is 0 Å². The Morgan fingerprint density at radius 2 is 1.75 bits per heavy atom. The molecule has 0 unspecified atom stereocenters. The lowest BCUT2D eigenvalue weighted by atomic mass is 10.1. The standard InChI is InChI=1S/C25H24N4O3/c1-32-23-6-4-5-21(13-23)14-26-25(31)22-15-27-29(18-22)17-20-10-8-19(9-11-20)16-28-12-3-2-7-24(28)30/h2-13,15,18H,14,16-17H2,1H3,(H,26,31). The van der Waals surface area contributed by atoms with Crippen LogP contribution in [-0.4, -0.2) is 27.4 Å². The molecule has 0 saturated carbocycles. The predicted molar refractivity (Wildman–Crippen MR) is 122 cm³/mol. The van der Waals surface area contributed by atoms with E-state index in [0.29, 0.717) is 25.2 Å². The van der Waals surface area contributed by atoms with Gasteiger partial charge in [0.05, 0.1) is 32.0 Å². The first kappa shape index (κ1) is 21.1. The number of amides is 1. The minimum absolute atomic E-state index is 0.0228. The number of rotatable bonds is 8. The minimum Gasteiger partial charge on any atom is -0.497 e. The maximum Gasteiger partial charge on any atom is 0.254 e. The summed E-state index contributed by atoms with van der Waals surface area (Å²) in [4.78, 5) is 24.3. The molecule has 0 bridgehead atoms. The van der Waals surface area contributed by atoms with Crippen molar-refractivity contribution in [2.75, 3.05) is 7.11 Å². The van der Waals surface area contributed by atoms with Gasteiger partial charge in [-0.05, 0) is 34.9 Å². The second-order valence-corrected chi connectivity index (χ2v) is 7.44. The number of aromatic nitrogens is 3. The number of ether oxygens (including phenoxy) is 1. The van der Waals surface area contributed by atoms with E-state index < -0.39 is 0 Å². The van der Waals surface area contributed by atoms with E-state index >= 15 is 0 Å². The van der Waals surface area contributed by atoms with Gasteiger partial charge < -0.3 is 14.6 Å². The molecular weight excluding hydrogens is 404 g/mol. The highest BCUT2D eigenvalue weighted by Crippen LogP contribution is 2.13. The molecule has 0 aliphatic heterocycles. The van der Waals surface area contributed by atoms with E-state index in [1.165, 1.54) is 0 Å². The van der Waals surface area contributed by atoms with Gasteiger partial charge in [-0.15, -0.1) is 0 Å². The summed E-state index contributed by atoms with van der Waals surface area (Å²) < 4.78 is 8.61. The van der Waals surface area contributed by atoms with Crippen LogP contribution in [0.5, 0.6) is 5.75 Å². The monoisotopic (exact) mass is 428 g/mol. The Labute approximate surface area is 185 Å². The topological polar surface area (TPSA) is 78.2 Å². The van der Waals surface area contributed by atoms with Crippen LogP contribution in [0.4, 0.5) is 0 Å². The minimum atomic E-state index is -0.178. The van der Waals surface area contributed by atoms with Crippen molar-refractivity contribution in [3.8, 4) is 5.75 Å². The van der Waals surface area contributed by atoms with Gasteiger partial charge in [-0.25, -0.2) is 0 Å². The molecule has 32 heavy (non-hydrogen) atoms. The lowest BCUT2D eigenvalue weighted by Gasteiger charge is -2.07. The maximum absolute atomic E-state index is 12.5. The molecule has 0 spiro atoms. The summed E-state index contributed by atoms with van der Waals surface area (Å²) in [5, 5.41) is 7.21. The molecule has 7 heteroatoms. The summed E-state index contributed by atoms with van der Waals surface area (Å²) in [7, 11) is 1.62. The number of hydrogen-bond acceptors (Lipinski definition) is 4. The molecule has 4 aromatic rings. The predicted octanol–water partition coefficient (Wildman–Crippen LogP) is 3.08. The molecule has 0 aliphatic carbocycles. The zero-order chi connectivity index (χ0) is 22.3. The third-order valence-electron chi connectivity index (χ3n) is 5.10. The molecule has 0 radical (unpaired) electrons. The Hall–Kier alpha value is -4.13. The number of pyridine rings is 1. The molecule has 0 atom stereocenters. The number of hydrogen-bond donors (Lipinski definition) is 1. The summed E-state index contributed by atoms with van der Waals surface area (Å²) >= 11 is 0. The van der Waals surface area contributed by atoms with Crippen molar-refractivity contribution in [2.45, 2.75) is 19.6 Å². The van der Waals surface area contributed by atoms with E-state index in [-0.39, 0.29) is 11.5 Å². The van der Waals surface area contributed by atoms with E-state index in [2.05, 4.69) is 10.4 Å². The van der Waals surface area contributed by atoms with Crippen molar-refractivity contribution in [3.63, 3.8) is 0 Å². The molecule has 162 valence electrons. The largest absolute Gasteiger partial charge is 0.497 e. The second-order valence-electron chi connectivity index (χ2n) is 7.44. The second kappa shape index (κ2) is 9.78. The summed E-state index contributed by atoms with van der Waals surface area (Å²) in [6.07, 6.45) is 5.08. The van der Waals surface area contributed by atoms with Crippen LogP contribution in [0.2, 0.25) is 0 Å². The zero-order valence-electron chi connectivity index (χ0n) is 17.8. The van der Waals surface area contributed by atoms with Crippen LogP contribution in [-0.2, 0) is 19.6 Å². The van der Waals surface area contributed by atoms with Crippen molar-refractivity contribution in [1.82, 2.24) is 19.7 Å². The van der Waals surface area contributed by atoms with Gasteiger partial charge in [-0.2, -0.15) is 5.10 Å². The van der Waals surface area contributed by atoms with Gasteiger partial charge in [0.1, 0.15) is 5.75 Å². The molecule has 7 nitrogen and oxygen atoms in total. The summed E-state index contributed by atoms with van der Waals surface area (Å²) in [5.74, 6) is 0.578. The smallest absolute Gasteiger partial charge is 0.254 e. The van der Waals surface area contributed by atoms with Crippen molar-refractivity contribution >= 4 is 5.91 Å². The first-order chi connectivity index (χ1) is 15.6. The molecule has 1 amide bonds. The fraction of sp³-hybridized carbons (Fsp3) is 0.160. The highest BCUT2D eigenvalue weighted by Gasteiger charge is 2.09. The number of carbonyl (C=O) groups excluding carboxylic acids is 1. The fourth-order valence-corrected chi connectivity index (χ4v) is 3.36. The number of benzene rings is 2. The molecule has 2 aromatic carbocycles. The summed E-state index contributed by atoms with van der Waals surface area (Å²) in [6, 6.07) is 20.7. The van der Waals surface area contributed by atoms with Crippen LogP contribution >= 0.6 is 0 Å². The van der Waals surface area contributed by atoms with Crippen LogP contribution in [0.25, 0.3) is 0 Å². The first-order valence-corrected chi connectivity index (χ1v) is 10.3. The molecule has 2 aromatic heterocycles. The van der Waals surface area contributed by atoms with Crippen molar-refractivity contribution in [2.24, 2.45) is 0 Å². The Bertz CT molecular complexity index is 1260. The van der Waals surface area contributed by atoms with Crippen LogP contribution in [0, 0.1) is 0 Å². The Balaban J connectivity index is 1.33. The highest BCUT2D eigenvalue weighted by molar-refractivity contribution is 5.93. The van der Waals surface area contributed by atoms with Gasteiger partial charge in [0.2, 0.25) is 0 Å². The number of methoxy groups -OCH3 is 1.